The number of hydrogen-bond donors (Lipinski definition) is 0. The Morgan fingerprint density at radius 3 is 2.11 bits per heavy atom. The van der Waals surface area contributed by atoms with Crippen LogP contribution in [0.15, 0.2) is 0 Å². The third kappa shape index (κ3) is 1.46. The second kappa shape index (κ2) is 4.34. The molecule has 2 aliphatic carbocycles. The molecule has 0 radical (unpaired) electrons. The van der Waals surface area contributed by atoms with Crippen molar-refractivity contribution in [2.45, 2.75) is 33.9 Å². The van der Waals surface area contributed by atoms with Crippen LogP contribution < -0.4 is 0 Å². The first-order valence-corrected chi connectivity index (χ1v) is 7.04. The van der Waals surface area contributed by atoms with Crippen LogP contribution in [0.1, 0.15) is 13.3 Å². The topological polar surface area (TPSA) is 78.9 Å². The van der Waals surface area contributed by atoms with E-state index in [0.29, 0.717) is 0 Å². The van der Waals surface area contributed by atoms with Crippen LogP contribution in [0.2, 0.25) is 0 Å². The minimum Gasteiger partial charge on any atom is -0.460 e. The average Bonchev–Trinajstić information content (AvgIpc) is 2.60. The molecule has 0 aromatic rings. The van der Waals surface area contributed by atoms with Gasteiger partial charge in [0, 0.05) is 27.6 Å². The van der Waals surface area contributed by atoms with Gasteiger partial charge in [-0.15, -0.1) is 0 Å². The Labute approximate surface area is 126 Å². The maximum absolute atomic E-state index is 12.2. The number of halogens is 2. The summed E-state index contributed by atoms with van der Waals surface area (Å²) in [5.74, 6) is -3.50. The normalized spacial score (nSPS) is 39.7. The Kier molecular flexibility index (Phi) is 3.45. The summed E-state index contributed by atoms with van der Waals surface area (Å²) in [6.45, 7) is 1.23. The lowest BCUT2D eigenvalue weighted by atomic mass is 9.95. The molecule has 0 amide bonds. The standard InChI is InChI=1S/C11H12Br2O6/c1-5(14)19-6-4-9(12)7(15)8(16)10(6,13)11(9,17-2)18-3/h6H,4H2,1-3H3/t6-,9+,10-/m0/s1. The molecule has 0 heterocycles. The Hall–Kier alpha value is -0.310. The van der Waals surface area contributed by atoms with E-state index in [-0.39, 0.29) is 6.42 Å². The van der Waals surface area contributed by atoms with Crippen LogP contribution in [0.3, 0.4) is 0 Å². The van der Waals surface area contributed by atoms with Crippen LogP contribution in [-0.4, -0.2) is 52.3 Å². The summed E-state index contributed by atoms with van der Waals surface area (Å²) >= 11 is 6.50. The highest BCUT2D eigenvalue weighted by atomic mass is 79.9. The van der Waals surface area contributed by atoms with Gasteiger partial charge in [-0.25, -0.2) is 0 Å². The average molecular weight is 400 g/mol. The molecule has 0 aromatic carbocycles. The van der Waals surface area contributed by atoms with Crippen LogP contribution in [0.4, 0.5) is 0 Å². The lowest BCUT2D eigenvalue weighted by Crippen LogP contribution is -2.58. The van der Waals surface area contributed by atoms with Gasteiger partial charge in [0.2, 0.25) is 17.4 Å². The van der Waals surface area contributed by atoms with Gasteiger partial charge in [0.1, 0.15) is 6.10 Å². The number of carbonyl (C=O) groups excluding carboxylic acids is 3. The third-order valence-electron chi connectivity index (χ3n) is 3.69. The van der Waals surface area contributed by atoms with Crippen molar-refractivity contribution in [2.75, 3.05) is 14.2 Å². The van der Waals surface area contributed by atoms with Crippen LogP contribution in [0, 0.1) is 0 Å². The fourth-order valence-corrected chi connectivity index (χ4v) is 5.42. The molecule has 0 aliphatic heterocycles. The molecule has 0 unspecified atom stereocenters. The maximum Gasteiger partial charge on any atom is 0.302 e. The Morgan fingerprint density at radius 2 is 1.74 bits per heavy atom. The highest BCUT2D eigenvalue weighted by Gasteiger charge is 2.86. The fraction of sp³-hybridized carbons (Fsp3) is 0.727. The van der Waals surface area contributed by atoms with Gasteiger partial charge in [0.05, 0.1) is 0 Å². The molecule has 8 heteroatoms. The quantitative estimate of drug-likeness (QED) is 0.301. The van der Waals surface area contributed by atoms with Gasteiger partial charge in [-0.1, -0.05) is 31.9 Å². The SMILES string of the molecule is COC1(OC)[C@@]2(Br)C[C@H](OC(C)=O)[C@]1(Br)C(=O)C2=O. The molecule has 6 nitrogen and oxygen atoms in total. The first kappa shape index (κ1) is 15.1. The summed E-state index contributed by atoms with van der Waals surface area (Å²) in [5.41, 5.74) is 0. The molecule has 2 saturated carbocycles. The van der Waals surface area contributed by atoms with Gasteiger partial charge in [0.15, 0.2) is 8.65 Å². The zero-order valence-electron chi connectivity index (χ0n) is 10.5. The molecule has 2 aliphatic rings. The van der Waals surface area contributed by atoms with E-state index in [0.717, 1.165) is 0 Å². The summed E-state index contributed by atoms with van der Waals surface area (Å²) in [6.07, 6.45) is -0.765. The summed E-state index contributed by atoms with van der Waals surface area (Å²) in [5, 5.41) is 0. The molecule has 3 atom stereocenters. The first-order valence-electron chi connectivity index (χ1n) is 5.46. The number of esters is 1. The zero-order chi connectivity index (χ0) is 14.6. The van der Waals surface area contributed by atoms with E-state index in [4.69, 9.17) is 14.2 Å². The number of rotatable bonds is 3. The Bertz CT molecular complexity index is 474. The molecule has 0 N–H and O–H groups in total. The number of hydrogen-bond acceptors (Lipinski definition) is 6. The van der Waals surface area contributed by atoms with Crippen molar-refractivity contribution < 1.29 is 28.6 Å². The summed E-state index contributed by atoms with van der Waals surface area (Å²) < 4.78 is 12.9. The molecular formula is C11H12Br2O6. The largest absolute Gasteiger partial charge is 0.460 e. The van der Waals surface area contributed by atoms with E-state index < -0.39 is 38.1 Å². The number of ketones is 2. The smallest absolute Gasteiger partial charge is 0.302 e. The summed E-state index contributed by atoms with van der Waals surface area (Å²) in [6, 6.07) is 0. The van der Waals surface area contributed by atoms with E-state index >= 15 is 0 Å². The highest BCUT2D eigenvalue weighted by molar-refractivity contribution is 9.11. The molecule has 0 saturated heterocycles. The number of Topliss-reactive ketones (excluding diaryl/α,β-unsaturated/α-hetero) is 2. The molecule has 2 rings (SSSR count). The van der Waals surface area contributed by atoms with E-state index in [1.165, 1.54) is 21.1 Å². The number of ether oxygens (including phenoxy) is 3. The number of carbonyl (C=O) groups is 3. The van der Waals surface area contributed by atoms with Gasteiger partial charge in [-0.05, 0) is 0 Å². The molecule has 2 bridgehead atoms. The third-order valence-corrected chi connectivity index (χ3v) is 6.29. The van der Waals surface area contributed by atoms with Gasteiger partial charge in [-0.2, -0.15) is 0 Å². The van der Waals surface area contributed by atoms with Crippen LogP contribution in [0.25, 0.3) is 0 Å². The van der Waals surface area contributed by atoms with Crippen molar-refractivity contribution in [2.24, 2.45) is 0 Å². The lowest BCUT2D eigenvalue weighted by Gasteiger charge is -2.38. The second-order valence-electron chi connectivity index (χ2n) is 4.50. The number of alkyl halides is 2. The number of fused-ring (bicyclic) bond motifs is 2. The zero-order valence-corrected chi connectivity index (χ0v) is 13.7. The van der Waals surface area contributed by atoms with Gasteiger partial charge < -0.3 is 14.2 Å². The van der Waals surface area contributed by atoms with E-state index in [9.17, 15) is 14.4 Å². The lowest BCUT2D eigenvalue weighted by molar-refractivity contribution is -0.218. The van der Waals surface area contributed by atoms with Crippen LogP contribution >= 0.6 is 31.9 Å². The van der Waals surface area contributed by atoms with Crippen molar-refractivity contribution in [3.8, 4) is 0 Å². The molecule has 2 fully saturated rings. The van der Waals surface area contributed by atoms with Crippen molar-refractivity contribution in [1.29, 1.82) is 0 Å². The van der Waals surface area contributed by atoms with Crippen molar-refractivity contribution >= 4 is 49.4 Å². The van der Waals surface area contributed by atoms with Gasteiger partial charge in [0.25, 0.3) is 0 Å². The molecule has 19 heavy (non-hydrogen) atoms. The van der Waals surface area contributed by atoms with E-state index in [1.807, 2.05) is 0 Å². The minimum atomic E-state index is -1.56. The maximum atomic E-state index is 12.2. The fourth-order valence-electron chi connectivity index (χ4n) is 2.94. The van der Waals surface area contributed by atoms with Gasteiger partial charge >= 0.3 is 5.97 Å². The van der Waals surface area contributed by atoms with Crippen LogP contribution in [0.5, 0.6) is 0 Å². The molecule has 0 spiro atoms. The second-order valence-corrected chi connectivity index (χ2v) is 7.10. The monoisotopic (exact) mass is 398 g/mol. The number of methoxy groups -OCH3 is 2. The molecular weight excluding hydrogens is 388 g/mol. The van der Waals surface area contributed by atoms with E-state index in [2.05, 4.69) is 31.9 Å². The molecule has 106 valence electrons. The highest BCUT2D eigenvalue weighted by Crippen LogP contribution is 2.64. The summed E-state index contributed by atoms with van der Waals surface area (Å²) in [4.78, 5) is 35.5. The minimum absolute atomic E-state index is 0.0874. The van der Waals surface area contributed by atoms with Crippen molar-refractivity contribution in [1.82, 2.24) is 0 Å². The predicted molar refractivity (Wildman–Crippen MR) is 70.3 cm³/mol. The Balaban J connectivity index is 2.61. The van der Waals surface area contributed by atoms with Gasteiger partial charge in [-0.3, -0.25) is 14.4 Å². The van der Waals surface area contributed by atoms with Crippen LogP contribution in [-0.2, 0) is 28.6 Å². The first-order chi connectivity index (χ1) is 8.71. The van der Waals surface area contributed by atoms with E-state index in [1.54, 1.807) is 0 Å². The molecule has 0 aromatic heterocycles. The van der Waals surface area contributed by atoms with Crippen molar-refractivity contribution in [3.05, 3.63) is 0 Å². The predicted octanol–water partition coefficient (Wildman–Crippen LogP) is 0.730. The summed E-state index contributed by atoms with van der Waals surface area (Å²) in [7, 11) is 2.66. The van der Waals surface area contributed by atoms with Crippen molar-refractivity contribution in [3.63, 3.8) is 0 Å². The Morgan fingerprint density at radius 1 is 1.21 bits per heavy atom.